The van der Waals surface area contributed by atoms with Crippen molar-refractivity contribution in [3.63, 3.8) is 0 Å². The number of hydrogen-bond acceptors (Lipinski definition) is 3. The molecule has 0 spiro atoms. The zero-order valence-electron chi connectivity index (χ0n) is 13.9. The summed E-state index contributed by atoms with van der Waals surface area (Å²) in [5.41, 5.74) is 2.60. The van der Waals surface area contributed by atoms with Gasteiger partial charge in [0.25, 0.3) is 0 Å². The van der Waals surface area contributed by atoms with E-state index in [1.807, 2.05) is 6.92 Å². The number of aryl methyl sites for hydroxylation is 1. The summed E-state index contributed by atoms with van der Waals surface area (Å²) in [6.07, 6.45) is 3.42. The van der Waals surface area contributed by atoms with Gasteiger partial charge in [-0.1, -0.05) is 50.3 Å². The normalized spacial score (nSPS) is 13.6. The molecular weight excluding hydrogens is 272 g/mol. The molecule has 0 radical (unpaired) electrons. The van der Waals surface area contributed by atoms with Crippen molar-refractivity contribution < 1.29 is 0 Å². The van der Waals surface area contributed by atoms with Gasteiger partial charge in [0.05, 0.1) is 6.04 Å². The average Bonchev–Trinajstić information content (AvgIpc) is 2.94. The van der Waals surface area contributed by atoms with Crippen LogP contribution in [0.2, 0.25) is 0 Å². The van der Waals surface area contributed by atoms with Crippen LogP contribution in [0.4, 0.5) is 0 Å². The SMILES string of the molecule is Cc1nc(C(C)NCC(=CCC(C)C)c2ccccc2)n[nH]1. The summed E-state index contributed by atoms with van der Waals surface area (Å²) in [5, 5.41) is 10.6. The number of rotatable bonds is 7. The summed E-state index contributed by atoms with van der Waals surface area (Å²) in [6.45, 7) is 9.30. The van der Waals surface area contributed by atoms with Crippen LogP contribution in [0.25, 0.3) is 5.57 Å². The Labute approximate surface area is 133 Å². The van der Waals surface area contributed by atoms with Crippen LogP contribution in [-0.4, -0.2) is 21.7 Å². The first kappa shape index (κ1) is 16.4. The molecule has 0 bridgehead atoms. The van der Waals surface area contributed by atoms with Gasteiger partial charge in [-0.3, -0.25) is 5.10 Å². The number of hydrogen-bond donors (Lipinski definition) is 2. The van der Waals surface area contributed by atoms with Crippen LogP contribution < -0.4 is 5.32 Å². The molecule has 2 N–H and O–H groups in total. The minimum atomic E-state index is 0.121. The van der Waals surface area contributed by atoms with E-state index in [9.17, 15) is 0 Å². The Bertz CT molecular complexity index is 599. The number of nitrogens with one attached hydrogen (secondary N) is 2. The van der Waals surface area contributed by atoms with Gasteiger partial charge in [-0.05, 0) is 37.3 Å². The quantitative estimate of drug-likeness (QED) is 0.815. The second kappa shape index (κ2) is 7.90. The van der Waals surface area contributed by atoms with Crippen molar-refractivity contribution in [2.24, 2.45) is 5.92 Å². The van der Waals surface area contributed by atoms with Crippen LogP contribution >= 0.6 is 0 Å². The van der Waals surface area contributed by atoms with Crippen molar-refractivity contribution in [2.75, 3.05) is 6.54 Å². The molecular formula is C18H26N4. The van der Waals surface area contributed by atoms with Crippen LogP contribution in [0, 0.1) is 12.8 Å². The van der Waals surface area contributed by atoms with Gasteiger partial charge >= 0.3 is 0 Å². The van der Waals surface area contributed by atoms with Gasteiger partial charge < -0.3 is 5.32 Å². The molecule has 2 aromatic rings. The Morgan fingerprint density at radius 1 is 1.23 bits per heavy atom. The lowest BCUT2D eigenvalue weighted by Crippen LogP contribution is -2.22. The molecule has 2 rings (SSSR count). The van der Waals surface area contributed by atoms with E-state index >= 15 is 0 Å². The lowest BCUT2D eigenvalue weighted by atomic mass is 10.0. The number of aromatic amines is 1. The molecule has 4 heteroatoms. The predicted molar refractivity (Wildman–Crippen MR) is 91.4 cm³/mol. The van der Waals surface area contributed by atoms with E-state index in [0.29, 0.717) is 5.92 Å². The third kappa shape index (κ3) is 4.81. The van der Waals surface area contributed by atoms with Gasteiger partial charge in [0.15, 0.2) is 5.82 Å². The van der Waals surface area contributed by atoms with E-state index in [-0.39, 0.29) is 6.04 Å². The van der Waals surface area contributed by atoms with Gasteiger partial charge in [-0.25, -0.2) is 4.98 Å². The first-order valence-electron chi connectivity index (χ1n) is 7.93. The van der Waals surface area contributed by atoms with Gasteiger partial charge in [-0.2, -0.15) is 5.10 Å². The molecule has 22 heavy (non-hydrogen) atoms. The maximum absolute atomic E-state index is 4.39. The van der Waals surface area contributed by atoms with E-state index in [0.717, 1.165) is 24.6 Å². The molecule has 4 nitrogen and oxygen atoms in total. The Kier molecular flexibility index (Phi) is 5.90. The minimum Gasteiger partial charge on any atom is -0.303 e. The first-order chi connectivity index (χ1) is 10.6. The zero-order valence-corrected chi connectivity index (χ0v) is 13.9. The van der Waals surface area contributed by atoms with Crippen molar-refractivity contribution in [3.05, 3.63) is 53.6 Å². The van der Waals surface area contributed by atoms with Gasteiger partial charge in [0, 0.05) is 6.54 Å². The molecule has 118 valence electrons. The number of nitrogens with zero attached hydrogens (tertiary/aromatic N) is 2. The standard InChI is InChI=1S/C18H26N4/c1-13(2)10-11-17(16-8-6-5-7-9-16)12-19-14(3)18-20-15(4)21-22-18/h5-9,11,13-14,19H,10,12H2,1-4H3,(H,20,21,22). The predicted octanol–water partition coefficient (Wildman–Crippen LogP) is 3.89. The highest BCUT2D eigenvalue weighted by atomic mass is 15.2. The van der Waals surface area contributed by atoms with Crippen molar-refractivity contribution >= 4 is 5.57 Å². The molecule has 1 aromatic carbocycles. The Balaban J connectivity index is 2.05. The molecule has 0 saturated heterocycles. The lowest BCUT2D eigenvalue weighted by Gasteiger charge is -2.14. The van der Waals surface area contributed by atoms with Gasteiger partial charge in [-0.15, -0.1) is 0 Å². The second-order valence-electron chi connectivity index (χ2n) is 6.11. The number of allylic oxidation sites excluding steroid dienone is 1. The molecule has 1 atom stereocenters. The highest BCUT2D eigenvalue weighted by Crippen LogP contribution is 2.17. The lowest BCUT2D eigenvalue weighted by molar-refractivity contribution is 0.587. The number of aromatic nitrogens is 3. The molecule has 0 saturated carbocycles. The third-order valence-electron chi connectivity index (χ3n) is 3.58. The summed E-state index contributed by atoms with van der Waals surface area (Å²) >= 11 is 0. The first-order valence-corrected chi connectivity index (χ1v) is 7.93. The molecule has 0 aliphatic heterocycles. The summed E-state index contributed by atoms with van der Waals surface area (Å²) in [6, 6.07) is 10.7. The Hall–Kier alpha value is -1.94. The molecule has 1 heterocycles. The van der Waals surface area contributed by atoms with Crippen molar-refractivity contribution in [2.45, 2.75) is 40.2 Å². The summed E-state index contributed by atoms with van der Waals surface area (Å²) in [5.74, 6) is 2.32. The molecule has 0 amide bonds. The van der Waals surface area contributed by atoms with Crippen LogP contribution in [0.3, 0.4) is 0 Å². The van der Waals surface area contributed by atoms with E-state index in [2.05, 4.69) is 77.7 Å². The van der Waals surface area contributed by atoms with Crippen LogP contribution in [-0.2, 0) is 0 Å². The highest BCUT2D eigenvalue weighted by Gasteiger charge is 2.11. The summed E-state index contributed by atoms with van der Waals surface area (Å²) in [7, 11) is 0. The largest absolute Gasteiger partial charge is 0.303 e. The zero-order chi connectivity index (χ0) is 15.9. The van der Waals surface area contributed by atoms with E-state index in [1.165, 1.54) is 11.1 Å². The Morgan fingerprint density at radius 2 is 1.95 bits per heavy atom. The van der Waals surface area contributed by atoms with Crippen molar-refractivity contribution in [1.29, 1.82) is 0 Å². The maximum Gasteiger partial charge on any atom is 0.167 e. The summed E-state index contributed by atoms with van der Waals surface area (Å²) in [4.78, 5) is 4.39. The summed E-state index contributed by atoms with van der Waals surface area (Å²) < 4.78 is 0. The second-order valence-corrected chi connectivity index (χ2v) is 6.11. The molecule has 1 unspecified atom stereocenters. The van der Waals surface area contributed by atoms with Gasteiger partial charge in [0.2, 0.25) is 0 Å². The molecule has 0 fully saturated rings. The molecule has 1 aromatic heterocycles. The highest BCUT2D eigenvalue weighted by molar-refractivity contribution is 5.66. The average molecular weight is 298 g/mol. The maximum atomic E-state index is 4.39. The van der Waals surface area contributed by atoms with Gasteiger partial charge in [0.1, 0.15) is 5.82 Å². The van der Waals surface area contributed by atoms with Crippen LogP contribution in [0.1, 0.15) is 50.4 Å². The fraction of sp³-hybridized carbons (Fsp3) is 0.444. The Morgan fingerprint density at radius 3 is 2.55 bits per heavy atom. The number of H-pyrrole nitrogens is 1. The van der Waals surface area contributed by atoms with Crippen molar-refractivity contribution in [3.8, 4) is 0 Å². The van der Waals surface area contributed by atoms with E-state index < -0.39 is 0 Å². The molecule has 0 aliphatic carbocycles. The van der Waals surface area contributed by atoms with Crippen LogP contribution in [0.5, 0.6) is 0 Å². The van der Waals surface area contributed by atoms with Crippen LogP contribution in [0.15, 0.2) is 36.4 Å². The van der Waals surface area contributed by atoms with E-state index in [1.54, 1.807) is 0 Å². The minimum absolute atomic E-state index is 0.121. The molecule has 0 aliphatic rings. The number of benzene rings is 1. The smallest absolute Gasteiger partial charge is 0.167 e. The van der Waals surface area contributed by atoms with E-state index in [4.69, 9.17) is 0 Å². The monoisotopic (exact) mass is 298 g/mol. The topological polar surface area (TPSA) is 53.6 Å². The van der Waals surface area contributed by atoms with Crippen molar-refractivity contribution in [1.82, 2.24) is 20.5 Å². The fourth-order valence-electron chi connectivity index (χ4n) is 2.23. The fourth-order valence-corrected chi connectivity index (χ4v) is 2.23. The third-order valence-corrected chi connectivity index (χ3v) is 3.58.